The predicted octanol–water partition coefficient (Wildman–Crippen LogP) is 13.3. The van der Waals surface area contributed by atoms with Crippen molar-refractivity contribution in [2.24, 2.45) is 0 Å². The highest BCUT2D eigenvalue weighted by Crippen LogP contribution is 2.46. The van der Waals surface area contributed by atoms with E-state index in [1.807, 2.05) is 23.5 Å². The summed E-state index contributed by atoms with van der Waals surface area (Å²) in [6.45, 7) is 26.5. The van der Waals surface area contributed by atoms with Crippen molar-refractivity contribution < 1.29 is 10.2 Å². The van der Waals surface area contributed by atoms with Crippen LogP contribution in [0.2, 0.25) is 0 Å². The van der Waals surface area contributed by atoms with Gasteiger partial charge in [-0.2, -0.15) is 0 Å². The molecule has 0 unspecified atom stereocenters. The summed E-state index contributed by atoms with van der Waals surface area (Å²) in [6, 6.07) is 25.8. The van der Waals surface area contributed by atoms with Gasteiger partial charge in [-0.25, -0.2) is 0 Å². The van der Waals surface area contributed by atoms with Crippen LogP contribution in [0.5, 0.6) is 11.5 Å². The molecule has 0 spiro atoms. The van der Waals surface area contributed by atoms with Gasteiger partial charge in [0.25, 0.3) is 0 Å². The van der Waals surface area contributed by atoms with Crippen LogP contribution in [-0.2, 0) is 21.7 Å². The number of thioether (sulfide) groups is 2. The fourth-order valence-corrected chi connectivity index (χ4v) is 8.04. The number of phenols is 2. The summed E-state index contributed by atoms with van der Waals surface area (Å²) in [5.41, 5.74) is 8.16. The van der Waals surface area contributed by atoms with Crippen LogP contribution in [0.25, 0.3) is 22.3 Å². The van der Waals surface area contributed by atoms with Crippen LogP contribution in [-0.4, -0.2) is 21.7 Å². The van der Waals surface area contributed by atoms with Gasteiger partial charge in [-0.15, -0.1) is 23.5 Å². The van der Waals surface area contributed by atoms with Crippen molar-refractivity contribution in [2.75, 3.05) is 11.5 Å². The molecule has 0 saturated heterocycles. The van der Waals surface area contributed by atoms with Gasteiger partial charge in [-0.05, 0) is 92.5 Å². The highest BCUT2D eigenvalue weighted by Gasteiger charge is 2.27. The topological polar surface area (TPSA) is 40.5 Å². The normalized spacial score (nSPS) is 12.8. The summed E-state index contributed by atoms with van der Waals surface area (Å²) in [6.07, 6.45) is 2.18. The van der Waals surface area contributed by atoms with E-state index in [9.17, 15) is 10.2 Å². The molecule has 0 aliphatic rings. The maximum atomic E-state index is 11.5. The molecular formula is C44H58O2S2. The highest BCUT2D eigenvalue weighted by molar-refractivity contribution is 7.99. The molecule has 0 radical (unpaired) electrons. The molecule has 258 valence electrons. The van der Waals surface area contributed by atoms with E-state index >= 15 is 0 Å². The zero-order chi connectivity index (χ0) is 35.7. The van der Waals surface area contributed by atoms with Crippen molar-refractivity contribution in [2.45, 2.75) is 127 Å². The van der Waals surface area contributed by atoms with E-state index in [4.69, 9.17) is 0 Å². The van der Waals surface area contributed by atoms with E-state index in [1.165, 1.54) is 20.9 Å². The molecule has 0 bridgehead atoms. The zero-order valence-electron chi connectivity index (χ0n) is 31.5. The smallest absolute Gasteiger partial charge is 0.127 e. The number of rotatable bonds is 9. The van der Waals surface area contributed by atoms with Gasteiger partial charge >= 0.3 is 0 Å². The van der Waals surface area contributed by atoms with E-state index in [-0.39, 0.29) is 21.7 Å². The fraction of sp³-hybridized carbons (Fsp3) is 0.455. The number of hydrogen-bond donors (Lipinski definition) is 2. The standard InChI is InChI=1S/C44H58O2S2/c1-41(2,3)29-25-33(39(45)35(27-29)43(7,8)9)31-19-13-15-21-37(31)47-23-17-18-24-48-38-22-16-14-20-32(38)34-26-30(42(4,5)6)28-36(40(34)46)44(10,11)12/h13-16,19-22,25-28,45-46H,17-18,23-24H2,1-12H3. The van der Waals surface area contributed by atoms with Crippen molar-refractivity contribution >= 4 is 23.5 Å². The minimum absolute atomic E-state index is 0.0240. The second-order valence-corrected chi connectivity index (χ2v) is 19.5. The Morgan fingerprint density at radius 1 is 0.438 bits per heavy atom. The molecule has 0 aromatic heterocycles. The maximum absolute atomic E-state index is 11.5. The quantitative estimate of drug-likeness (QED) is 0.136. The summed E-state index contributed by atoms with van der Waals surface area (Å²) in [5.74, 6) is 2.81. The van der Waals surface area contributed by atoms with Gasteiger partial charge in [-0.3, -0.25) is 0 Å². The minimum Gasteiger partial charge on any atom is -0.507 e. The monoisotopic (exact) mass is 682 g/mol. The van der Waals surface area contributed by atoms with Crippen molar-refractivity contribution in [3.05, 3.63) is 95.1 Å². The van der Waals surface area contributed by atoms with Gasteiger partial charge in [-0.1, -0.05) is 132 Å². The van der Waals surface area contributed by atoms with Gasteiger partial charge in [0, 0.05) is 32.0 Å². The van der Waals surface area contributed by atoms with Crippen LogP contribution >= 0.6 is 23.5 Å². The fourth-order valence-electron chi connectivity index (χ4n) is 5.89. The second-order valence-electron chi connectivity index (χ2n) is 17.2. The van der Waals surface area contributed by atoms with Gasteiger partial charge in [0.2, 0.25) is 0 Å². The Hall–Kier alpha value is -2.82. The van der Waals surface area contributed by atoms with E-state index in [0.717, 1.165) is 57.7 Å². The largest absolute Gasteiger partial charge is 0.507 e. The first-order valence-corrected chi connectivity index (χ1v) is 19.4. The highest BCUT2D eigenvalue weighted by atomic mass is 32.2. The molecule has 4 aromatic carbocycles. The van der Waals surface area contributed by atoms with Gasteiger partial charge in [0.05, 0.1) is 0 Å². The summed E-state index contributed by atoms with van der Waals surface area (Å²) in [7, 11) is 0. The van der Waals surface area contributed by atoms with Crippen molar-refractivity contribution in [1.29, 1.82) is 0 Å². The van der Waals surface area contributed by atoms with Crippen LogP contribution in [0.3, 0.4) is 0 Å². The van der Waals surface area contributed by atoms with Crippen molar-refractivity contribution in [3.8, 4) is 33.8 Å². The van der Waals surface area contributed by atoms with Gasteiger partial charge in [0.1, 0.15) is 11.5 Å². The third kappa shape index (κ3) is 9.04. The molecule has 4 rings (SSSR count). The summed E-state index contributed by atoms with van der Waals surface area (Å²) < 4.78 is 0. The number of benzene rings is 4. The SMILES string of the molecule is CC(C)(C)c1cc(-c2ccccc2SCCCCSc2ccccc2-c2cc(C(C)(C)C)cc(C(C)(C)C)c2O)c(O)c(C(C)(C)C)c1. The zero-order valence-corrected chi connectivity index (χ0v) is 33.1. The Balaban J connectivity index is 1.49. The average Bonchev–Trinajstić information content (AvgIpc) is 2.97. The molecule has 0 aliphatic carbocycles. The van der Waals surface area contributed by atoms with Crippen molar-refractivity contribution in [3.63, 3.8) is 0 Å². The van der Waals surface area contributed by atoms with Crippen molar-refractivity contribution in [1.82, 2.24) is 0 Å². The molecule has 0 aliphatic heterocycles. The lowest BCUT2D eigenvalue weighted by atomic mass is 9.78. The number of hydrogen-bond acceptors (Lipinski definition) is 4. The Morgan fingerprint density at radius 2 is 0.771 bits per heavy atom. The maximum Gasteiger partial charge on any atom is 0.127 e. The Morgan fingerprint density at radius 3 is 1.08 bits per heavy atom. The van der Waals surface area contributed by atoms with Crippen LogP contribution in [0, 0.1) is 0 Å². The number of aromatic hydroxyl groups is 2. The molecule has 0 saturated carbocycles. The van der Waals surface area contributed by atoms with Gasteiger partial charge in [0.15, 0.2) is 0 Å². The summed E-state index contributed by atoms with van der Waals surface area (Å²) in [4.78, 5) is 2.42. The van der Waals surface area contributed by atoms with E-state index in [1.54, 1.807) is 0 Å². The molecule has 4 heteroatoms. The first kappa shape index (κ1) is 38.0. The van der Waals surface area contributed by atoms with Gasteiger partial charge < -0.3 is 10.2 Å². The lowest BCUT2D eigenvalue weighted by molar-refractivity contribution is 0.445. The Labute approximate surface area is 300 Å². The molecular weight excluding hydrogens is 625 g/mol. The first-order valence-electron chi connectivity index (χ1n) is 17.4. The second kappa shape index (κ2) is 14.6. The molecule has 2 nitrogen and oxygen atoms in total. The van der Waals surface area contributed by atoms with Crippen LogP contribution in [0.15, 0.2) is 82.6 Å². The lowest BCUT2D eigenvalue weighted by Crippen LogP contribution is -2.17. The molecule has 2 N–H and O–H groups in total. The molecule has 0 atom stereocenters. The van der Waals surface area contributed by atoms with Crippen LogP contribution in [0.4, 0.5) is 0 Å². The van der Waals surface area contributed by atoms with Crippen LogP contribution in [0.1, 0.15) is 118 Å². The molecule has 0 heterocycles. The van der Waals surface area contributed by atoms with E-state index in [2.05, 4.69) is 156 Å². The first-order chi connectivity index (χ1) is 22.2. The third-order valence-electron chi connectivity index (χ3n) is 8.98. The number of unbranched alkanes of at least 4 members (excludes halogenated alkanes) is 1. The predicted molar refractivity (Wildman–Crippen MR) is 213 cm³/mol. The third-order valence-corrected chi connectivity index (χ3v) is 11.3. The summed E-state index contributed by atoms with van der Waals surface area (Å²) >= 11 is 3.76. The summed E-state index contributed by atoms with van der Waals surface area (Å²) in [5, 5.41) is 23.1. The molecule has 48 heavy (non-hydrogen) atoms. The minimum atomic E-state index is -0.165. The Kier molecular flexibility index (Phi) is 11.5. The molecule has 0 fully saturated rings. The lowest BCUT2D eigenvalue weighted by Gasteiger charge is -2.28. The molecule has 4 aromatic rings. The number of phenolic OH excluding ortho intramolecular Hbond substituents is 2. The van der Waals surface area contributed by atoms with Crippen LogP contribution < -0.4 is 0 Å². The average molecular weight is 683 g/mol. The van der Waals surface area contributed by atoms with E-state index < -0.39 is 0 Å². The van der Waals surface area contributed by atoms with E-state index in [0.29, 0.717) is 11.5 Å². The Bertz CT molecular complexity index is 1590. The molecule has 0 amide bonds.